The zero-order valence-electron chi connectivity index (χ0n) is 14.9. The summed E-state index contributed by atoms with van der Waals surface area (Å²) in [4.78, 5) is 12.7. The molecule has 0 aliphatic heterocycles. The second kappa shape index (κ2) is 8.89. The maximum atomic E-state index is 12.7. The van der Waals surface area contributed by atoms with E-state index in [4.69, 9.17) is 10.5 Å². The third kappa shape index (κ3) is 4.84. The summed E-state index contributed by atoms with van der Waals surface area (Å²) in [6.07, 6.45) is 1.57. The molecule has 0 saturated carbocycles. The van der Waals surface area contributed by atoms with E-state index in [1.165, 1.54) is 0 Å². The van der Waals surface area contributed by atoms with E-state index in [2.05, 4.69) is 10.6 Å². The fourth-order valence-corrected chi connectivity index (χ4v) is 2.49. The molecule has 1 unspecified atom stereocenters. The van der Waals surface area contributed by atoms with Crippen LogP contribution in [0.4, 0.5) is 5.69 Å². The number of carbonyl (C=O) groups is 1. The van der Waals surface area contributed by atoms with E-state index in [0.29, 0.717) is 6.54 Å². The van der Waals surface area contributed by atoms with E-state index in [9.17, 15) is 4.79 Å². The van der Waals surface area contributed by atoms with Crippen LogP contribution >= 0.6 is 0 Å². The van der Waals surface area contributed by atoms with Crippen molar-refractivity contribution in [2.75, 3.05) is 19.0 Å². The first kappa shape index (κ1) is 18.5. The Morgan fingerprint density at radius 2 is 1.80 bits per heavy atom. The van der Waals surface area contributed by atoms with Crippen molar-refractivity contribution in [2.24, 2.45) is 5.73 Å². The van der Waals surface area contributed by atoms with Crippen molar-refractivity contribution in [3.8, 4) is 5.75 Å². The molecule has 5 heteroatoms. The summed E-state index contributed by atoms with van der Waals surface area (Å²) in [5.74, 6) is 0.657. The van der Waals surface area contributed by atoms with Crippen LogP contribution in [0.1, 0.15) is 31.0 Å². The average Bonchev–Trinajstić information content (AvgIpc) is 2.66. The minimum Gasteiger partial charge on any atom is -0.497 e. The van der Waals surface area contributed by atoms with Crippen molar-refractivity contribution >= 4 is 17.2 Å². The van der Waals surface area contributed by atoms with Crippen LogP contribution in [0.3, 0.4) is 0 Å². The van der Waals surface area contributed by atoms with Gasteiger partial charge in [-0.25, -0.2) is 0 Å². The van der Waals surface area contributed by atoms with Crippen LogP contribution in [-0.2, 0) is 4.79 Å². The van der Waals surface area contributed by atoms with Gasteiger partial charge in [0, 0.05) is 5.69 Å². The number of rotatable bonds is 7. The van der Waals surface area contributed by atoms with Crippen LogP contribution < -0.4 is 21.1 Å². The first-order valence-electron chi connectivity index (χ1n) is 8.26. The Bertz CT molecular complexity index is 722. The van der Waals surface area contributed by atoms with Crippen molar-refractivity contribution in [3.05, 3.63) is 65.9 Å². The van der Waals surface area contributed by atoms with E-state index in [1.807, 2.05) is 62.4 Å². The number of ether oxygens (including phenoxy) is 1. The summed E-state index contributed by atoms with van der Waals surface area (Å²) in [6.45, 7) is 4.60. The Morgan fingerprint density at radius 3 is 2.32 bits per heavy atom. The number of methoxy groups -OCH3 is 1. The molecule has 0 radical (unpaired) electrons. The zero-order valence-corrected chi connectivity index (χ0v) is 14.9. The highest BCUT2D eigenvalue weighted by molar-refractivity contribution is 5.95. The summed E-state index contributed by atoms with van der Waals surface area (Å²) in [7, 11) is 1.62. The normalized spacial score (nSPS) is 12.5. The molecule has 2 rings (SSSR count). The number of anilines is 1. The minimum absolute atomic E-state index is 0.106. The van der Waals surface area contributed by atoms with E-state index < -0.39 is 6.04 Å². The number of amides is 1. The van der Waals surface area contributed by atoms with E-state index in [0.717, 1.165) is 28.1 Å². The molecule has 0 aromatic heterocycles. The second-order valence-electron chi connectivity index (χ2n) is 5.68. The van der Waals surface area contributed by atoms with Gasteiger partial charge in [0.1, 0.15) is 11.8 Å². The van der Waals surface area contributed by atoms with Gasteiger partial charge in [-0.05, 0) is 60.6 Å². The minimum atomic E-state index is -0.429. The molecule has 5 nitrogen and oxygen atoms in total. The quantitative estimate of drug-likeness (QED) is 0.723. The van der Waals surface area contributed by atoms with E-state index in [-0.39, 0.29) is 5.91 Å². The molecule has 0 saturated heterocycles. The van der Waals surface area contributed by atoms with Gasteiger partial charge in [0.05, 0.1) is 7.11 Å². The van der Waals surface area contributed by atoms with Gasteiger partial charge in [0.15, 0.2) is 0 Å². The second-order valence-corrected chi connectivity index (χ2v) is 5.68. The number of likely N-dealkylation sites (N-methyl/N-ethyl adjacent to an activating group) is 1. The molecular formula is C20H25N3O2. The number of benzene rings is 2. The zero-order chi connectivity index (χ0) is 18.2. The number of nitrogens with one attached hydrogen (secondary N) is 2. The van der Waals surface area contributed by atoms with E-state index in [1.54, 1.807) is 13.3 Å². The van der Waals surface area contributed by atoms with Gasteiger partial charge in [0.25, 0.3) is 0 Å². The Kier molecular flexibility index (Phi) is 6.60. The molecule has 0 aliphatic carbocycles. The van der Waals surface area contributed by atoms with Gasteiger partial charge in [0.2, 0.25) is 5.91 Å². The molecule has 1 amide bonds. The van der Waals surface area contributed by atoms with Crippen molar-refractivity contribution in [3.63, 3.8) is 0 Å². The fraction of sp³-hybridized carbons (Fsp3) is 0.250. The highest BCUT2D eigenvalue weighted by atomic mass is 16.5. The van der Waals surface area contributed by atoms with E-state index >= 15 is 0 Å². The Balaban J connectivity index is 2.14. The number of allylic oxidation sites excluding steroid dienone is 1. The molecule has 25 heavy (non-hydrogen) atoms. The predicted octanol–water partition coefficient (Wildman–Crippen LogP) is 3.30. The molecule has 1 atom stereocenters. The van der Waals surface area contributed by atoms with Crippen LogP contribution in [0, 0.1) is 0 Å². The first-order chi connectivity index (χ1) is 12.1. The van der Waals surface area contributed by atoms with Crippen molar-refractivity contribution in [1.82, 2.24) is 5.32 Å². The first-order valence-corrected chi connectivity index (χ1v) is 8.26. The van der Waals surface area contributed by atoms with Gasteiger partial charge in [-0.3, -0.25) is 4.79 Å². The molecule has 0 fully saturated rings. The Morgan fingerprint density at radius 1 is 1.16 bits per heavy atom. The molecule has 0 bridgehead atoms. The summed E-state index contributed by atoms with van der Waals surface area (Å²) >= 11 is 0. The largest absolute Gasteiger partial charge is 0.497 e. The molecule has 0 spiro atoms. The Labute approximate surface area is 148 Å². The van der Waals surface area contributed by atoms with Crippen LogP contribution in [0.25, 0.3) is 5.57 Å². The van der Waals surface area contributed by atoms with Crippen molar-refractivity contribution in [2.45, 2.75) is 19.9 Å². The predicted molar refractivity (Wildman–Crippen MR) is 102 cm³/mol. The number of carbonyl (C=O) groups excluding carboxylic acids is 1. The van der Waals surface area contributed by atoms with Gasteiger partial charge >= 0.3 is 0 Å². The standard InChI is InChI=1S/C20H25N3O2/c1-4-22-19(16-7-11-18(25-3)12-8-16)20(24)23-17-9-5-15(6-10-17)14(2)13-21/h5-13,19,22H,4,21H2,1-3H3,(H,23,24)/b14-13+. The maximum Gasteiger partial charge on any atom is 0.246 e. The third-order valence-electron chi connectivity index (χ3n) is 3.98. The van der Waals surface area contributed by atoms with Crippen LogP contribution in [0.5, 0.6) is 5.75 Å². The fourth-order valence-electron chi connectivity index (χ4n) is 2.49. The molecule has 0 aliphatic rings. The summed E-state index contributed by atoms with van der Waals surface area (Å²) in [6, 6.07) is 14.7. The molecule has 132 valence electrons. The monoisotopic (exact) mass is 339 g/mol. The summed E-state index contributed by atoms with van der Waals surface area (Å²) in [5.41, 5.74) is 9.18. The lowest BCUT2D eigenvalue weighted by atomic mass is 10.1. The van der Waals surface area contributed by atoms with Crippen molar-refractivity contribution < 1.29 is 9.53 Å². The van der Waals surface area contributed by atoms with Gasteiger partial charge < -0.3 is 21.1 Å². The summed E-state index contributed by atoms with van der Waals surface area (Å²) < 4.78 is 5.17. The summed E-state index contributed by atoms with van der Waals surface area (Å²) in [5, 5.41) is 6.17. The highest BCUT2D eigenvalue weighted by Crippen LogP contribution is 2.21. The van der Waals surface area contributed by atoms with Gasteiger partial charge in [-0.15, -0.1) is 0 Å². The number of hydrogen-bond donors (Lipinski definition) is 3. The number of nitrogens with two attached hydrogens (primary N) is 1. The lowest BCUT2D eigenvalue weighted by molar-refractivity contribution is -0.118. The van der Waals surface area contributed by atoms with Crippen LogP contribution in [0.2, 0.25) is 0 Å². The third-order valence-corrected chi connectivity index (χ3v) is 3.98. The smallest absolute Gasteiger partial charge is 0.246 e. The lowest BCUT2D eigenvalue weighted by Crippen LogP contribution is -2.32. The maximum absolute atomic E-state index is 12.7. The van der Waals surface area contributed by atoms with Gasteiger partial charge in [-0.2, -0.15) is 0 Å². The van der Waals surface area contributed by atoms with Crippen LogP contribution in [0.15, 0.2) is 54.7 Å². The van der Waals surface area contributed by atoms with Crippen molar-refractivity contribution in [1.29, 1.82) is 0 Å². The number of hydrogen-bond acceptors (Lipinski definition) is 4. The molecule has 2 aromatic carbocycles. The lowest BCUT2D eigenvalue weighted by Gasteiger charge is -2.18. The highest BCUT2D eigenvalue weighted by Gasteiger charge is 2.19. The molecule has 4 N–H and O–H groups in total. The van der Waals surface area contributed by atoms with Crippen LogP contribution in [-0.4, -0.2) is 19.6 Å². The average molecular weight is 339 g/mol. The topological polar surface area (TPSA) is 76.4 Å². The molecule has 0 heterocycles. The molecule has 2 aromatic rings. The Hall–Kier alpha value is -2.79. The SMILES string of the molecule is CCNC(C(=O)Nc1ccc(/C(C)=C/N)cc1)c1ccc(OC)cc1. The van der Waals surface area contributed by atoms with Gasteiger partial charge in [-0.1, -0.05) is 31.2 Å². The molecular weight excluding hydrogens is 314 g/mol.